The molecule has 0 unspecified atom stereocenters. The number of amides is 1. The lowest BCUT2D eigenvalue weighted by atomic mass is 10.1. The van der Waals surface area contributed by atoms with Gasteiger partial charge in [-0.3, -0.25) is 15.2 Å². The van der Waals surface area contributed by atoms with Gasteiger partial charge in [-0.05, 0) is 56.5 Å². The van der Waals surface area contributed by atoms with Crippen molar-refractivity contribution in [3.8, 4) is 11.3 Å². The summed E-state index contributed by atoms with van der Waals surface area (Å²) >= 11 is 0. The Bertz CT molecular complexity index is 1040. The minimum absolute atomic E-state index is 0.0936. The molecule has 9 heteroatoms. The van der Waals surface area contributed by atoms with E-state index in [1.807, 2.05) is 34.6 Å². The fourth-order valence-corrected chi connectivity index (χ4v) is 2.54. The first kappa shape index (κ1) is 21.2. The number of benzene rings is 1. The highest BCUT2D eigenvalue weighted by Crippen LogP contribution is 2.20. The molecule has 0 bridgehead atoms. The Morgan fingerprint density at radius 3 is 2.50 bits per heavy atom. The van der Waals surface area contributed by atoms with Crippen molar-refractivity contribution in [1.29, 1.82) is 0 Å². The number of nitrogens with zero attached hydrogens (tertiary/aromatic N) is 3. The summed E-state index contributed by atoms with van der Waals surface area (Å²) in [6.45, 7) is 9.63. The van der Waals surface area contributed by atoms with Crippen LogP contribution >= 0.6 is 0 Å². The van der Waals surface area contributed by atoms with Crippen LogP contribution in [0.3, 0.4) is 0 Å². The maximum atomic E-state index is 13.1. The van der Waals surface area contributed by atoms with Crippen LogP contribution in [0.4, 0.5) is 10.2 Å². The topological polar surface area (TPSA) is 108 Å². The van der Waals surface area contributed by atoms with Crippen molar-refractivity contribution < 1.29 is 13.7 Å². The molecule has 8 nitrogen and oxygen atoms in total. The molecule has 30 heavy (non-hydrogen) atoms. The second-order valence-corrected chi connectivity index (χ2v) is 8.15. The zero-order valence-electron chi connectivity index (χ0n) is 17.6. The summed E-state index contributed by atoms with van der Waals surface area (Å²) in [5.41, 5.74) is 1.70. The number of hydrogen-bond donors (Lipinski definition) is 3. The van der Waals surface area contributed by atoms with E-state index in [2.05, 4.69) is 31.0 Å². The van der Waals surface area contributed by atoms with Crippen LogP contribution in [0.1, 0.15) is 56.8 Å². The zero-order chi connectivity index (χ0) is 21.9. The fraction of sp³-hybridized carbons (Fsp3) is 0.333. The molecule has 0 aliphatic heterocycles. The van der Waals surface area contributed by atoms with E-state index >= 15 is 0 Å². The Kier molecular flexibility index (Phi) is 6.00. The molecule has 0 fully saturated rings. The van der Waals surface area contributed by atoms with Crippen LogP contribution in [0, 0.1) is 5.82 Å². The van der Waals surface area contributed by atoms with Gasteiger partial charge >= 0.3 is 0 Å². The quantitative estimate of drug-likeness (QED) is 0.437. The monoisotopic (exact) mass is 412 g/mol. The van der Waals surface area contributed by atoms with E-state index in [0.29, 0.717) is 17.2 Å². The number of aliphatic imine (C=N–C) groups is 1. The number of aromatic nitrogens is 3. The maximum Gasteiger partial charge on any atom is 0.296 e. The first-order valence-corrected chi connectivity index (χ1v) is 9.57. The molecule has 3 N–H and O–H groups in total. The van der Waals surface area contributed by atoms with Crippen molar-refractivity contribution in [2.45, 2.75) is 46.1 Å². The molecular formula is C21H25FN6O2. The molecule has 3 rings (SSSR count). The van der Waals surface area contributed by atoms with E-state index < -0.39 is 11.4 Å². The van der Waals surface area contributed by atoms with Gasteiger partial charge in [-0.25, -0.2) is 9.38 Å². The molecule has 0 saturated heterocycles. The summed E-state index contributed by atoms with van der Waals surface area (Å²) in [4.78, 5) is 17.1. The lowest BCUT2D eigenvalue weighted by Gasteiger charge is -2.16. The largest absolute Gasteiger partial charge is 0.351 e. The third-order valence-corrected chi connectivity index (χ3v) is 4.00. The predicted octanol–water partition coefficient (Wildman–Crippen LogP) is 4.32. The van der Waals surface area contributed by atoms with Crippen LogP contribution in [0.15, 0.2) is 45.9 Å². The zero-order valence-corrected chi connectivity index (χ0v) is 17.6. The van der Waals surface area contributed by atoms with Crippen molar-refractivity contribution in [2.75, 3.05) is 5.32 Å². The number of hydrogen-bond acceptors (Lipinski definition) is 5. The van der Waals surface area contributed by atoms with E-state index in [1.165, 1.54) is 12.1 Å². The minimum atomic E-state index is -0.473. The molecule has 0 aliphatic carbocycles. The molecular weight excluding hydrogens is 387 g/mol. The Morgan fingerprint density at radius 2 is 1.90 bits per heavy atom. The van der Waals surface area contributed by atoms with E-state index in [0.717, 1.165) is 5.56 Å². The number of aromatic amines is 1. The third kappa shape index (κ3) is 5.53. The Balaban J connectivity index is 1.78. The summed E-state index contributed by atoms with van der Waals surface area (Å²) in [6, 6.07) is 9.39. The van der Waals surface area contributed by atoms with Crippen molar-refractivity contribution in [3.05, 3.63) is 53.7 Å². The van der Waals surface area contributed by atoms with E-state index in [1.54, 1.807) is 24.3 Å². The van der Waals surface area contributed by atoms with Crippen LogP contribution in [0.25, 0.3) is 11.3 Å². The number of H-pyrrole nitrogens is 1. The predicted molar refractivity (Wildman–Crippen MR) is 113 cm³/mol. The normalized spacial score (nSPS) is 12.3. The first-order chi connectivity index (χ1) is 14.1. The van der Waals surface area contributed by atoms with Gasteiger partial charge in [-0.15, -0.1) is 0 Å². The molecule has 0 radical (unpaired) electrons. The molecule has 3 aromatic rings. The number of carbonyl (C=O) groups excluding carboxylic acids is 1. The van der Waals surface area contributed by atoms with Crippen molar-refractivity contribution in [1.82, 2.24) is 20.7 Å². The van der Waals surface area contributed by atoms with Crippen molar-refractivity contribution in [3.63, 3.8) is 0 Å². The SMILES string of the molecule is CC(C)c1cc(C(=O)NC(=NC(C)(C)C)Nc2cc(-c3ccc(F)cc3)[nH]n2)on1. The Morgan fingerprint density at radius 1 is 1.20 bits per heavy atom. The molecule has 1 amide bonds. The van der Waals surface area contributed by atoms with Crippen LogP contribution in [0.5, 0.6) is 0 Å². The third-order valence-electron chi connectivity index (χ3n) is 4.00. The number of anilines is 1. The van der Waals surface area contributed by atoms with E-state index in [-0.39, 0.29) is 23.5 Å². The molecule has 0 spiro atoms. The Hall–Kier alpha value is -3.49. The number of guanidine groups is 1. The maximum absolute atomic E-state index is 13.1. The fourth-order valence-electron chi connectivity index (χ4n) is 2.54. The van der Waals surface area contributed by atoms with Crippen molar-refractivity contribution in [2.24, 2.45) is 4.99 Å². The smallest absolute Gasteiger partial charge is 0.296 e. The second kappa shape index (κ2) is 8.48. The van der Waals surface area contributed by atoms with Gasteiger partial charge in [0.2, 0.25) is 11.7 Å². The minimum Gasteiger partial charge on any atom is -0.351 e. The second-order valence-electron chi connectivity index (χ2n) is 8.15. The highest BCUT2D eigenvalue weighted by atomic mass is 19.1. The van der Waals surface area contributed by atoms with Gasteiger partial charge in [0.1, 0.15) is 5.82 Å². The summed E-state index contributed by atoms with van der Waals surface area (Å²) in [6.07, 6.45) is 0. The molecule has 0 aliphatic rings. The van der Waals surface area contributed by atoms with Crippen LogP contribution < -0.4 is 10.6 Å². The highest BCUT2D eigenvalue weighted by Gasteiger charge is 2.19. The van der Waals surface area contributed by atoms with Gasteiger partial charge < -0.3 is 9.84 Å². The highest BCUT2D eigenvalue weighted by molar-refractivity contribution is 6.08. The molecule has 0 atom stereocenters. The van der Waals surface area contributed by atoms with Gasteiger partial charge in [-0.2, -0.15) is 5.10 Å². The van der Waals surface area contributed by atoms with E-state index in [4.69, 9.17) is 4.52 Å². The molecule has 2 aromatic heterocycles. The number of halogens is 1. The molecule has 158 valence electrons. The molecule has 2 heterocycles. The summed E-state index contributed by atoms with van der Waals surface area (Å²) < 4.78 is 18.3. The molecule has 0 saturated carbocycles. The van der Waals surface area contributed by atoms with Gasteiger partial charge in [0.05, 0.1) is 16.9 Å². The Labute approximate surface area is 174 Å². The number of nitrogens with one attached hydrogen (secondary N) is 3. The van der Waals surface area contributed by atoms with Crippen LogP contribution in [-0.2, 0) is 0 Å². The summed E-state index contributed by atoms with van der Waals surface area (Å²) in [7, 11) is 0. The lowest BCUT2D eigenvalue weighted by Crippen LogP contribution is -2.38. The lowest BCUT2D eigenvalue weighted by molar-refractivity contribution is 0.0940. The number of rotatable bonds is 4. The van der Waals surface area contributed by atoms with Gasteiger partial charge in [0.25, 0.3) is 5.91 Å². The van der Waals surface area contributed by atoms with E-state index in [9.17, 15) is 9.18 Å². The van der Waals surface area contributed by atoms with Gasteiger partial charge in [-0.1, -0.05) is 19.0 Å². The average Bonchev–Trinajstić information content (AvgIpc) is 3.30. The summed E-state index contributed by atoms with van der Waals surface area (Å²) in [5, 5.41) is 16.7. The number of carbonyl (C=O) groups is 1. The summed E-state index contributed by atoms with van der Waals surface area (Å²) in [5.74, 6) is 0.109. The average molecular weight is 412 g/mol. The van der Waals surface area contributed by atoms with Crippen LogP contribution in [0.2, 0.25) is 0 Å². The molecule has 1 aromatic carbocycles. The standard InChI is InChI=1S/C21H25FN6O2/c1-12(2)15-10-17(30-28-15)19(29)24-20(25-21(3,4)5)23-18-11-16(26-27-18)13-6-8-14(22)9-7-13/h6-12H,1-5H3,(H3,23,24,25,26,27,29). The first-order valence-electron chi connectivity index (χ1n) is 9.57. The van der Waals surface area contributed by atoms with Crippen molar-refractivity contribution >= 4 is 17.7 Å². The van der Waals surface area contributed by atoms with Gasteiger partial charge in [0.15, 0.2) is 5.82 Å². The van der Waals surface area contributed by atoms with Crippen LogP contribution in [-0.4, -0.2) is 32.8 Å². The van der Waals surface area contributed by atoms with Gasteiger partial charge in [0, 0.05) is 12.1 Å².